The molecule has 1 rings (SSSR count). The normalized spacial score (nSPS) is 12.0. The highest BCUT2D eigenvalue weighted by Gasteiger charge is 2.15. The largest absolute Gasteiger partial charge is 0.504 e. The summed E-state index contributed by atoms with van der Waals surface area (Å²) in [4.78, 5) is 22.2. The molecule has 0 saturated heterocycles. The van der Waals surface area contributed by atoms with E-state index in [1.165, 1.54) is 19.1 Å². The molecule has 0 aliphatic carbocycles. The summed E-state index contributed by atoms with van der Waals surface area (Å²) in [6.07, 6.45) is 4.74. The maximum Gasteiger partial charge on any atom is 0.341 e. The van der Waals surface area contributed by atoms with Crippen LogP contribution in [-0.2, 0) is 14.3 Å². The van der Waals surface area contributed by atoms with E-state index in [1.54, 1.807) is 24.3 Å². The highest BCUT2D eigenvalue weighted by atomic mass is 16.5. The van der Waals surface area contributed by atoms with Crippen molar-refractivity contribution in [1.82, 2.24) is 0 Å². The third-order valence-electron chi connectivity index (χ3n) is 3.68. The molecule has 2 N–H and O–H groups in total. The number of hydrogen-bond acceptors (Lipinski definition) is 6. The summed E-state index contributed by atoms with van der Waals surface area (Å²) in [5, 5.41) is 19.0. The summed E-state index contributed by atoms with van der Waals surface area (Å²) in [6, 6.07) is 6.63. The Morgan fingerprint density at radius 3 is 2.21 bits per heavy atom. The lowest BCUT2D eigenvalue weighted by Gasteiger charge is -2.14. The number of aliphatic hydroxyl groups is 1. The van der Waals surface area contributed by atoms with Crippen LogP contribution in [0.25, 0.3) is 0 Å². The smallest absolute Gasteiger partial charge is 0.341 e. The second-order valence-corrected chi connectivity index (χ2v) is 6.10. The molecule has 0 aromatic heterocycles. The van der Waals surface area contributed by atoms with E-state index in [2.05, 4.69) is 6.58 Å². The van der Waals surface area contributed by atoms with E-state index < -0.39 is 12.6 Å². The molecular formula is C22H28O7. The molecule has 158 valence electrons. The van der Waals surface area contributed by atoms with Gasteiger partial charge < -0.3 is 24.4 Å². The predicted molar refractivity (Wildman–Crippen MR) is 109 cm³/mol. The number of allylic oxidation sites excluding steroid dienone is 4. The Morgan fingerprint density at radius 1 is 1.07 bits per heavy atom. The average Bonchev–Trinajstić information content (AvgIpc) is 2.69. The van der Waals surface area contributed by atoms with Gasteiger partial charge in [0.1, 0.15) is 17.3 Å². The zero-order valence-corrected chi connectivity index (χ0v) is 16.8. The zero-order chi connectivity index (χ0) is 21.6. The van der Waals surface area contributed by atoms with Gasteiger partial charge in [-0.15, -0.1) is 0 Å². The maximum absolute atomic E-state index is 11.7. The Labute approximate surface area is 170 Å². The van der Waals surface area contributed by atoms with Crippen LogP contribution in [-0.4, -0.2) is 41.8 Å². The standard InChI is InChI=1S/C22H28O7/c1-4-7-19(16(3)23)22(26)20(8-5-2)28-14-6-13-27-17-9-11-18(12-10-17)29-15-21(24)25/h4,7,9-12,26H,1,5-6,8,13-15H2,2-3H3,(H,24,25)/b19-7-,22-20+. The van der Waals surface area contributed by atoms with Crippen molar-refractivity contribution in [1.29, 1.82) is 0 Å². The lowest BCUT2D eigenvalue weighted by atomic mass is 10.1. The second-order valence-electron chi connectivity index (χ2n) is 6.10. The van der Waals surface area contributed by atoms with Crippen molar-refractivity contribution in [3.63, 3.8) is 0 Å². The highest BCUT2D eigenvalue weighted by Crippen LogP contribution is 2.20. The minimum Gasteiger partial charge on any atom is -0.504 e. The first-order valence-electron chi connectivity index (χ1n) is 9.35. The van der Waals surface area contributed by atoms with E-state index in [0.717, 1.165) is 6.42 Å². The van der Waals surface area contributed by atoms with Gasteiger partial charge in [0.25, 0.3) is 0 Å². The fourth-order valence-corrected chi connectivity index (χ4v) is 2.34. The summed E-state index contributed by atoms with van der Waals surface area (Å²) >= 11 is 0. The number of ketones is 1. The van der Waals surface area contributed by atoms with Gasteiger partial charge in [-0.3, -0.25) is 4.79 Å². The Kier molecular flexibility index (Phi) is 10.7. The molecule has 1 aromatic carbocycles. The van der Waals surface area contributed by atoms with Crippen LogP contribution in [0.3, 0.4) is 0 Å². The van der Waals surface area contributed by atoms with Gasteiger partial charge in [-0.2, -0.15) is 0 Å². The number of carbonyl (C=O) groups excluding carboxylic acids is 1. The molecule has 0 heterocycles. The van der Waals surface area contributed by atoms with E-state index in [-0.39, 0.29) is 17.1 Å². The number of hydrogen-bond donors (Lipinski definition) is 2. The highest BCUT2D eigenvalue weighted by molar-refractivity contribution is 5.97. The molecule has 0 amide bonds. The van der Waals surface area contributed by atoms with Crippen molar-refractivity contribution in [2.75, 3.05) is 19.8 Å². The zero-order valence-electron chi connectivity index (χ0n) is 16.8. The Bertz CT molecular complexity index is 745. The lowest BCUT2D eigenvalue weighted by Crippen LogP contribution is -2.09. The van der Waals surface area contributed by atoms with Crippen LogP contribution >= 0.6 is 0 Å². The van der Waals surface area contributed by atoms with Gasteiger partial charge in [0, 0.05) is 12.8 Å². The Morgan fingerprint density at radius 2 is 1.69 bits per heavy atom. The van der Waals surface area contributed by atoms with Crippen LogP contribution in [0.15, 0.2) is 60.1 Å². The van der Waals surface area contributed by atoms with Crippen molar-refractivity contribution in [2.45, 2.75) is 33.1 Å². The molecule has 0 fully saturated rings. The molecule has 7 heteroatoms. The van der Waals surface area contributed by atoms with Crippen LogP contribution in [0, 0.1) is 0 Å². The van der Waals surface area contributed by atoms with Crippen molar-refractivity contribution in [2.24, 2.45) is 0 Å². The molecule has 0 radical (unpaired) electrons. The van der Waals surface area contributed by atoms with Gasteiger partial charge in [-0.25, -0.2) is 4.79 Å². The fraction of sp³-hybridized carbons (Fsp3) is 0.364. The predicted octanol–water partition coefficient (Wildman–Crippen LogP) is 4.21. The van der Waals surface area contributed by atoms with Gasteiger partial charge in [0.2, 0.25) is 0 Å². The fourth-order valence-electron chi connectivity index (χ4n) is 2.34. The molecule has 0 saturated carbocycles. The van der Waals surface area contributed by atoms with Crippen LogP contribution in [0.4, 0.5) is 0 Å². The lowest BCUT2D eigenvalue weighted by molar-refractivity contribution is -0.139. The SMILES string of the molecule is C=C/C=C(C(C)=O)\C(O)=C(\CCC)OCCCOc1ccc(OCC(=O)O)cc1. The van der Waals surface area contributed by atoms with Gasteiger partial charge in [0.15, 0.2) is 18.1 Å². The van der Waals surface area contributed by atoms with E-state index in [4.69, 9.17) is 19.3 Å². The monoisotopic (exact) mass is 404 g/mol. The van der Waals surface area contributed by atoms with Gasteiger partial charge in [-0.1, -0.05) is 19.6 Å². The number of aliphatic hydroxyl groups excluding tert-OH is 1. The minimum atomic E-state index is -1.04. The number of benzene rings is 1. The average molecular weight is 404 g/mol. The quantitative estimate of drug-likeness (QED) is 0.207. The number of carbonyl (C=O) groups is 2. The van der Waals surface area contributed by atoms with Crippen LogP contribution in [0.5, 0.6) is 11.5 Å². The van der Waals surface area contributed by atoms with Gasteiger partial charge >= 0.3 is 5.97 Å². The van der Waals surface area contributed by atoms with Crippen molar-refractivity contribution in [3.8, 4) is 11.5 Å². The topological polar surface area (TPSA) is 102 Å². The van der Waals surface area contributed by atoms with Crippen LogP contribution < -0.4 is 9.47 Å². The second kappa shape index (κ2) is 13.0. The summed E-state index contributed by atoms with van der Waals surface area (Å²) in [5.41, 5.74) is 0.171. The Hall–Kier alpha value is -3.22. The van der Waals surface area contributed by atoms with Crippen molar-refractivity contribution < 1.29 is 34.0 Å². The summed E-state index contributed by atoms with van der Waals surface area (Å²) < 4.78 is 16.3. The van der Waals surface area contributed by atoms with Crippen LogP contribution in [0.1, 0.15) is 33.1 Å². The molecule has 0 unspecified atom stereocenters. The van der Waals surface area contributed by atoms with Gasteiger partial charge in [-0.05, 0) is 43.7 Å². The molecule has 0 aliphatic heterocycles. The Balaban J connectivity index is 2.53. The first-order chi connectivity index (χ1) is 13.9. The first kappa shape index (κ1) is 23.8. The molecule has 0 atom stereocenters. The molecule has 1 aromatic rings. The van der Waals surface area contributed by atoms with Gasteiger partial charge in [0.05, 0.1) is 18.8 Å². The number of Topliss-reactive ketones (excluding diaryl/α,β-unsaturated/α-hetero) is 1. The summed E-state index contributed by atoms with van der Waals surface area (Å²) in [5.74, 6) is -0.0239. The minimum absolute atomic E-state index is 0.155. The van der Waals surface area contributed by atoms with E-state index in [0.29, 0.717) is 43.3 Å². The molecular weight excluding hydrogens is 376 g/mol. The van der Waals surface area contributed by atoms with Crippen molar-refractivity contribution >= 4 is 11.8 Å². The van der Waals surface area contributed by atoms with E-state index >= 15 is 0 Å². The summed E-state index contributed by atoms with van der Waals surface area (Å²) in [7, 11) is 0. The van der Waals surface area contributed by atoms with Crippen LogP contribution in [0.2, 0.25) is 0 Å². The number of aliphatic carboxylic acids is 1. The van der Waals surface area contributed by atoms with Crippen molar-refractivity contribution in [3.05, 3.63) is 60.1 Å². The third kappa shape index (κ3) is 9.01. The number of ether oxygens (including phenoxy) is 3. The third-order valence-corrected chi connectivity index (χ3v) is 3.68. The molecule has 0 bridgehead atoms. The number of carboxylic acids is 1. The number of carboxylic acid groups (broad SMARTS) is 1. The maximum atomic E-state index is 11.7. The molecule has 7 nitrogen and oxygen atoms in total. The molecule has 0 aliphatic rings. The van der Waals surface area contributed by atoms with E-state index in [1.807, 2.05) is 6.92 Å². The van der Waals surface area contributed by atoms with E-state index in [9.17, 15) is 14.7 Å². The summed E-state index contributed by atoms with van der Waals surface area (Å²) in [6.45, 7) is 7.19. The molecule has 29 heavy (non-hydrogen) atoms. The molecule has 0 spiro atoms. The first-order valence-corrected chi connectivity index (χ1v) is 9.35. The number of rotatable bonds is 14.